The molecule has 1 aliphatic rings. The van der Waals surface area contributed by atoms with E-state index in [4.69, 9.17) is 0 Å². The number of imide groups is 1. The summed E-state index contributed by atoms with van der Waals surface area (Å²) in [4.78, 5) is 34.9. The van der Waals surface area contributed by atoms with Gasteiger partial charge in [-0.3, -0.25) is 19.3 Å². The van der Waals surface area contributed by atoms with Crippen molar-refractivity contribution in [3.63, 3.8) is 0 Å². The van der Waals surface area contributed by atoms with Crippen molar-refractivity contribution in [1.82, 2.24) is 10.2 Å². The number of nitrogens with zero attached hydrogens (tertiary/aromatic N) is 1. The molecule has 0 saturated carbocycles. The van der Waals surface area contributed by atoms with Gasteiger partial charge in [0.05, 0.1) is 0 Å². The Labute approximate surface area is 94.5 Å². The molecule has 1 aliphatic heterocycles. The monoisotopic (exact) mass is 224 g/mol. The second-order valence-corrected chi connectivity index (χ2v) is 3.62. The average molecular weight is 224 g/mol. The summed E-state index contributed by atoms with van der Waals surface area (Å²) in [5, 5.41) is 2.68. The summed E-state index contributed by atoms with van der Waals surface area (Å²) in [5.41, 5.74) is 0. The normalized spacial score (nSPS) is 15.4. The van der Waals surface area contributed by atoms with Crippen LogP contribution in [0.5, 0.6) is 0 Å². The van der Waals surface area contributed by atoms with E-state index in [0.29, 0.717) is 13.0 Å². The fourth-order valence-corrected chi connectivity index (χ4v) is 1.49. The highest BCUT2D eigenvalue weighted by molar-refractivity contribution is 6.02. The first-order valence-electron chi connectivity index (χ1n) is 5.36. The highest BCUT2D eigenvalue weighted by Crippen LogP contribution is 2.11. The van der Waals surface area contributed by atoms with Crippen LogP contribution in [-0.4, -0.2) is 35.7 Å². The molecule has 0 unspecified atom stereocenters. The predicted molar refractivity (Wildman–Crippen MR) is 58.4 cm³/mol. The van der Waals surface area contributed by atoms with Crippen LogP contribution in [0.3, 0.4) is 0 Å². The zero-order valence-corrected chi connectivity index (χ0v) is 9.20. The van der Waals surface area contributed by atoms with Gasteiger partial charge < -0.3 is 5.32 Å². The van der Waals surface area contributed by atoms with Gasteiger partial charge in [-0.2, -0.15) is 0 Å². The molecule has 3 amide bonds. The molecule has 0 aromatic carbocycles. The second kappa shape index (κ2) is 6.05. The number of carbonyl (C=O) groups is 3. The minimum absolute atomic E-state index is 0.144. The van der Waals surface area contributed by atoms with Gasteiger partial charge in [0, 0.05) is 32.4 Å². The Morgan fingerprint density at radius 2 is 2.00 bits per heavy atom. The number of nitrogens with one attached hydrogen (secondary N) is 1. The van der Waals surface area contributed by atoms with E-state index in [1.54, 1.807) is 6.08 Å². The molecule has 1 fully saturated rings. The molecule has 1 rings (SSSR count). The fourth-order valence-electron chi connectivity index (χ4n) is 1.49. The van der Waals surface area contributed by atoms with E-state index in [1.165, 1.54) is 0 Å². The second-order valence-electron chi connectivity index (χ2n) is 3.62. The summed E-state index contributed by atoms with van der Waals surface area (Å²) in [7, 11) is 0. The van der Waals surface area contributed by atoms with Crippen molar-refractivity contribution in [3.05, 3.63) is 12.7 Å². The van der Waals surface area contributed by atoms with E-state index in [0.717, 1.165) is 4.90 Å². The Morgan fingerprint density at radius 1 is 1.38 bits per heavy atom. The van der Waals surface area contributed by atoms with Gasteiger partial charge in [0.2, 0.25) is 17.7 Å². The molecule has 1 heterocycles. The van der Waals surface area contributed by atoms with Gasteiger partial charge in [0.1, 0.15) is 0 Å². The Morgan fingerprint density at radius 3 is 2.56 bits per heavy atom. The van der Waals surface area contributed by atoms with Gasteiger partial charge in [-0.15, -0.1) is 6.58 Å². The fraction of sp³-hybridized carbons (Fsp3) is 0.545. The number of carbonyl (C=O) groups excluding carboxylic acids is 3. The van der Waals surface area contributed by atoms with E-state index in [9.17, 15) is 14.4 Å². The molecular weight excluding hydrogens is 208 g/mol. The summed E-state index contributed by atoms with van der Waals surface area (Å²) in [6, 6.07) is 0. The maximum absolute atomic E-state index is 11.3. The lowest BCUT2D eigenvalue weighted by Crippen LogP contribution is -2.34. The van der Waals surface area contributed by atoms with Gasteiger partial charge in [-0.25, -0.2) is 0 Å². The SMILES string of the molecule is C=CCCNC(=O)CCN1C(=O)CCC1=O. The van der Waals surface area contributed by atoms with Gasteiger partial charge in [0.15, 0.2) is 0 Å². The lowest BCUT2D eigenvalue weighted by atomic mass is 10.3. The predicted octanol–water partition coefficient (Wildman–Crippen LogP) is 0.218. The van der Waals surface area contributed by atoms with E-state index in [2.05, 4.69) is 11.9 Å². The van der Waals surface area contributed by atoms with Crippen molar-refractivity contribution in [2.75, 3.05) is 13.1 Å². The first kappa shape index (κ1) is 12.4. The highest BCUT2D eigenvalue weighted by atomic mass is 16.2. The van der Waals surface area contributed by atoms with Crippen LogP contribution in [0.2, 0.25) is 0 Å². The standard InChI is InChI=1S/C11H16N2O3/c1-2-3-7-12-9(14)6-8-13-10(15)4-5-11(13)16/h2H,1,3-8H2,(H,12,14). The minimum atomic E-state index is -0.177. The summed E-state index contributed by atoms with van der Waals surface area (Å²) >= 11 is 0. The van der Waals surface area contributed by atoms with Crippen LogP contribution in [0.4, 0.5) is 0 Å². The largest absolute Gasteiger partial charge is 0.356 e. The van der Waals surface area contributed by atoms with Crippen molar-refractivity contribution in [3.8, 4) is 0 Å². The molecule has 0 atom stereocenters. The topological polar surface area (TPSA) is 66.5 Å². The molecule has 1 N–H and O–H groups in total. The van der Waals surface area contributed by atoms with Gasteiger partial charge in [0.25, 0.3) is 0 Å². The van der Waals surface area contributed by atoms with Crippen LogP contribution in [0.15, 0.2) is 12.7 Å². The van der Waals surface area contributed by atoms with E-state index < -0.39 is 0 Å². The first-order valence-corrected chi connectivity index (χ1v) is 5.36. The van der Waals surface area contributed by atoms with Crippen LogP contribution < -0.4 is 5.32 Å². The number of hydrogen-bond donors (Lipinski definition) is 1. The molecule has 16 heavy (non-hydrogen) atoms. The van der Waals surface area contributed by atoms with Crippen molar-refractivity contribution in [2.24, 2.45) is 0 Å². The van der Waals surface area contributed by atoms with E-state index in [-0.39, 0.29) is 43.5 Å². The van der Waals surface area contributed by atoms with Crippen molar-refractivity contribution >= 4 is 17.7 Å². The third kappa shape index (κ3) is 3.49. The highest BCUT2D eigenvalue weighted by Gasteiger charge is 2.28. The maximum Gasteiger partial charge on any atom is 0.229 e. The summed E-state index contributed by atoms with van der Waals surface area (Å²) in [6.07, 6.45) is 3.16. The minimum Gasteiger partial charge on any atom is -0.356 e. The number of likely N-dealkylation sites (tertiary alicyclic amines) is 1. The Hall–Kier alpha value is -1.65. The maximum atomic E-state index is 11.3. The molecule has 0 aromatic rings. The molecule has 0 bridgehead atoms. The third-order valence-electron chi connectivity index (χ3n) is 2.39. The Kier molecular flexibility index (Phi) is 4.69. The Balaban J connectivity index is 2.23. The van der Waals surface area contributed by atoms with Crippen molar-refractivity contribution < 1.29 is 14.4 Å². The molecule has 0 spiro atoms. The first-order chi connectivity index (χ1) is 7.65. The van der Waals surface area contributed by atoms with Crippen LogP contribution in [0, 0.1) is 0 Å². The molecule has 5 heteroatoms. The molecule has 1 saturated heterocycles. The Bertz CT molecular complexity index is 296. The van der Waals surface area contributed by atoms with Gasteiger partial charge in [-0.1, -0.05) is 6.08 Å². The van der Waals surface area contributed by atoms with Crippen LogP contribution in [-0.2, 0) is 14.4 Å². The zero-order valence-electron chi connectivity index (χ0n) is 9.20. The number of amides is 3. The molecule has 5 nitrogen and oxygen atoms in total. The molecule has 0 aromatic heterocycles. The summed E-state index contributed by atoms with van der Waals surface area (Å²) in [5.74, 6) is -0.498. The van der Waals surface area contributed by atoms with Gasteiger partial charge in [-0.05, 0) is 6.42 Å². The molecule has 88 valence electrons. The van der Waals surface area contributed by atoms with Gasteiger partial charge >= 0.3 is 0 Å². The van der Waals surface area contributed by atoms with Crippen molar-refractivity contribution in [2.45, 2.75) is 25.7 Å². The summed E-state index contributed by atoms with van der Waals surface area (Å²) < 4.78 is 0. The lowest BCUT2D eigenvalue weighted by molar-refractivity contribution is -0.138. The quantitative estimate of drug-likeness (QED) is 0.398. The number of hydrogen-bond acceptors (Lipinski definition) is 3. The third-order valence-corrected chi connectivity index (χ3v) is 2.39. The average Bonchev–Trinajstić information content (AvgIpc) is 2.57. The summed E-state index contributed by atoms with van der Waals surface area (Å²) in [6.45, 7) is 4.28. The zero-order chi connectivity index (χ0) is 12.0. The van der Waals surface area contributed by atoms with Crippen LogP contribution >= 0.6 is 0 Å². The smallest absolute Gasteiger partial charge is 0.229 e. The molecule has 0 aliphatic carbocycles. The van der Waals surface area contributed by atoms with Crippen LogP contribution in [0.1, 0.15) is 25.7 Å². The van der Waals surface area contributed by atoms with E-state index in [1.807, 2.05) is 0 Å². The molecule has 0 radical (unpaired) electrons. The molecular formula is C11H16N2O3. The van der Waals surface area contributed by atoms with Crippen LogP contribution in [0.25, 0.3) is 0 Å². The van der Waals surface area contributed by atoms with Crippen molar-refractivity contribution in [1.29, 1.82) is 0 Å². The lowest BCUT2D eigenvalue weighted by Gasteiger charge is -2.12. The van der Waals surface area contributed by atoms with E-state index >= 15 is 0 Å². The number of rotatable bonds is 6.